The quantitative estimate of drug-likeness (QED) is 0.515. The smallest absolute Gasteiger partial charge is 0.325 e. The summed E-state index contributed by atoms with van der Waals surface area (Å²) in [7, 11) is 0. The first-order chi connectivity index (χ1) is 10.2. The normalized spacial score (nSPS) is 11.4. The molecule has 0 saturated carbocycles. The number of rotatable bonds is 6. The second-order valence-electron chi connectivity index (χ2n) is 4.20. The summed E-state index contributed by atoms with van der Waals surface area (Å²) in [6.07, 6.45) is 0. The summed E-state index contributed by atoms with van der Waals surface area (Å²) in [5, 5.41) is 23.6. The topological polar surface area (TPSA) is 139 Å². The molecule has 0 unspecified atom stereocenters. The van der Waals surface area contributed by atoms with Gasteiger partial charge in [-0.15, -0.1) is 0 Å². The Bertz CT molecular complexity index is 633. The minimum absolute atomic E-state index is 0.133. The van der Waals surface area contributed by atoms with Crippen molar-refractivity contribution in [3.05, 3.63) is 38.9 Å². The zero-order chi connectivity index (χ0) is 16.9. The first kappa shape index (κ1) is 17.4. The van der Waals surface area contributed by atoms with Crippen molar-refractivity contribution in [2.45, 2.75) is 13.0 Å². The molecule has 1 aromatic rings. The number of carbonyl (C=O) groups excluding carboxylic acids is 2. The summed E-state index contributed by atoms with van der Waals surface area (Å²) < 4.78 is 0. The van der Waals surface area contributed by atoms with E-state index in [1.165, 1.54) is 19.1 Å². The Hall–Kier alpha value is -2.68. The van der Waals surface area contributed by atoms with Crippen LogP contribution in [0.15, 0.2) is 18.2 Å². The number of halogens is 1. The van der Waals surface area contributed by atoms with Crippen LogP contribution in [0.4, 0.5) is 5.69 Å². The van der Waals surface area contributed by atoms with Crippen molar-refractivity contribution < 1.29 is 24.4 Å². The Morgan fingerprint density at radius 1 is 1.41 bits per heavy atom. The van der Waals surface area contributed by atoms with Crippen LogP contribution in [0.2, 0.25) is 5.02 Å². The van der Waals surface area contributed by atoms with E-state index in [9.17, 15) is 24.5 Å². The van der Waals surface area contributed by atoms with Gasteiger partial charge in [0, 0.05) is 6.07 Å². The lowest BCUT2D eigenvalue weighted by Gasteiger charge is -2.10. The number of nitrogens with one attached hydrogen (secondary N) is 2. The molecule has 0 aliphatic carbocycles. The van der Waals surface area contributed by atoms with Crippen molar-refractivity contribution in [1.29, 1.82) is 0 Å². The molecule has 3 N–H and O–H groups in total. The molecule has 1 aromatic carbocycles. The average Bonchev–Trinajstić information content (AvgIpc) is 2.44. The molecular weight excluding hydrogens is 318 g/mol. The van der Waals surface area contributed by atoms with E-state index >= 15 is 0 Å². The van der Waals surface area contributed by atoms with Crippen LogP contribution in [0, 0.1) is 10.1 Å². The minimum Gasteiger partial charge on any atom is -0.480 e. The molecule has 2 amide bonds. The van der Waals surface area contributed by atoms with Gasteiger partial charge in [-0.1, -0.05) is 17.7 Å². The maximum Gasteiger partial charge on any atom is 0.325 e. The third-order valence-corrected chi connectivity index (χ3v) is 2.89. The predicted molar refractivity (Wildman–Crippen MR) is 75.7 cm³/mol. The molecule has 22 heavy (non-hydrogen) atoms. The highest BCUT2D eigenvalue weighted by Crippen LogP contribution is 2.25. The van der Waals surface area contributed by atoms with Gasteiger partial charge in [-0.3, -0.25) is 24.5 Å². The molecule has 0 spiro atoms. The number of carbonyl (C=O) groups is 3. The van der Waals surface area contributed by atoms with Gasteiger partial charge in [0.2, 0.25) is 5.91 Å². The van der Waals surface area contributed by atoms with Gasteiger partial charge in [0.05, 0.1) is 16.5 Å². The molecule has 0 heterocycles. The first-order valence-electron chi connectivity index (χ1n) is 5.97. The molecule has 0 aliphatic heterocycles. The maximum absolute atomic E-state index is 11.9. The van der Waals surface area contributed by atoms with Crippen LogP contribution < -0.4 is 10.6 Å². The zero-order valence-corrected chi connectivity index (χ0v) is 12.1. The Labute approximate surface area is 129 Å². The third-order valence-electron chi connectivity index (χ3n) is 2.57. The second kappa shape index (κ2) is 7.36. The fourth-order valence-electron chi connectivity index (χ4n) is 1.49. The van der Waals surface area contributed by atoms with Gasteiger partial charge in [0.1, 0.15) is 11.6 Å². The summed E-state index contributed by atoms with van der Waals surface area (Å²) in [6.45, 7) is 0.708. The van der Waals surface area contributed by atoms with Gasteiger partial charge < -0.3 is 15.7 Å². The number of benzene rings is 1. The Kier molecular flexibility index (Phi) is 5.81. The summed E-state index contributed by atoms with van der Waals surface area (Å²) in [5.41, 5.74) is -0.863. The predicted octanol–water partition coefficient (Wildman–Crippen LogP) is 0.567. The zero-order valence-electron chi connectivity index (χ0n) is 11.3. The highest BCUT2D eigenvalue weighted by Gasteiger charge is 2.24. The van der Waals surface area contributed by atoms with E-state index in [-0.39, 0.29) is 10.6 Å². The number of hydrogen-bond acceptors (Lipinski definition) is 5. The van der Waals surface area contributed by atoms with Crippen LogP contribution in [0.25, 0.3) is 0 Å². The highest BCUT2D eigenvalue weighted by atomic mass is 35.5. The molecule has 1 atom stereocenters. The molecule has 118 valence electrons. The van der Waals surface area contributed by atoms with Crippen molar-refractivity contribution in [1.82, 2.24) is 10.6 Å². The number of carboxylic acid groups (broad SMARTS) is 1. The monoisotopic (exact) mass is 329 g/mol. The van der Waals surface area contributed by atoms with Gasteiger partial charge >= 0.3 is 5.97 Å². The Morgan fingerprint density at radius 3 is 2.59 bits per heavy atom. The Balaban J connectivity index is 2.77. The van der Waals surface area contributed by atoms with E-state index in [4.69, 9.17) is 16.7 Å². The molecule has 0 radical (unpaired) electrons. The van der Waals surface area contributed by atoms with Gasteiger partial charge in [-0.25, -0.2) is 0 Å². The summed E-state index contributed by atoms with van der Waals surface area (Å²) in [4.78, 5) is 44.0. The van der Waals surface area contributed by atoms with Crippen molar-refractivity contribution in [3.63, 3.8) is 0 Å². The summed E-state index contributed by atoms with van der Waals surface area (Å²) in [6, 6.07) is 2.60. The van der Waals surface area contributed by atoms with Crippen LogP contribution in [-0.2, 0) is 9.59 Å². The lowest BCUT2D eigenvalue weighted by Crippen LogP contribution is -2.44. The largest absolute Gasteiger partial charge is 0.480 e. The number of amides is 2. The Morgan fingerprint density at radius 2 is 2.05 bits per heavy atom. The molecule has 0 bridgehead atoms. The van der Waals surface area contributed by atoms with Gasteiger partial charge in [-0.2, -0.15) is 0 Å². The minimum atomic E-state index is -1.23. The van der Waals surface area contributed by atoms with Gasteiger partial charge in [0.25, 0.3) is 11.6 Å². The number of nitro groups is 1. The van der Waals surface area contributed by atoms with E-state index in [1.54, 1.807) is 0 Å². The van der Waals surface area contributed by atoms with Crippen molar-refractivity contribution in [3.8, 4) is 0 Å². The molecule has 1 rings (SSSR count). The van der Waals surface area contributed by atoms with E-state index < -0.39 is 41.0 Å². The third kappa shape index (κ3) is 4.42. The molecule has 0 aromatic heterocycles. The van der Waals surface area contributed by atoms with Crippen LogP contribution in [0.1, 0.15) is 17.3 Å². The van der Waals surface area contributed by atoms with E-state index in [0.717, 1.165) is 6.07 Å². The fraction of sp³-hybridized carbons (Fsp3) is 0.250. The molecule has 9 nitrogen and oxygen atoms in total. The van der Waals surface area contributed by atoms with Crippen molar-refractivity contribution in [2.24, 2.45) is 0 Å². The summed E-state index contributed by atoms with van der Waals surface area (Å²) >= 11 is 5.77. The molecule has 10 heteroatoms. The molecule has 0 fully saturated rings. The van der Waals surface area contributed by atoms with E-state index in [1.807, 2.05) is 0 Å². The summed E-state index contributed by atoms with van der Waals surface area (Å²) in [5.74, 6) is -2.89. The number of carboxylic acids is 1. The first-order valence-corrected chi connectivity index (χ1v) is 6.35. The van der Waals surface area contributed by atoms with Gasteiger partial charge in [-0.05, 0) is 13.0 Å². The second-order valence-corrected chi connectivity index (χ2v) is 4.61. The lowest BCUT2D eigenvalue weighted by atomic mass is 10.1. The number of aliphatic carboxylic acids is 1. The standard InChI is InChI=1S/C12H12ClN3O6/c1-6(12(19)20)15-9(17)5-14-11(18)10-7(13)3-2-4-8(10)16(21)22/h2-4,6H,5H2,1H3,(H,14,18)(H,15,17)(H,19,20)/t6-/m0/s1. The molecule has 0 aliphatic rings. The average molecular weight is 330 g/mol. The number of nitrogens with zero attached hydrogens (tertiary/aromatic N) is 1. The van der Waals surface area contributed by atoms with Gasteiger partial charge in [0.15, 0.2) is 0 Å². The highest BCUT2D eigenvalue weighted by molar-refractivity contribution is 6.34. The SMILES string of the molecule is C[C@H](NC(=O)CNC(=O)c1c(Cl)cccc1[N+](=O)[O-])C(=O)O. The maximum atomic E-state index is 11.9. The van der Waals surface area contributed by atoms with Crippen molar-refractivity contribution in [2.75, 3.05) is 6.54 Å². The van der Waals surface area contributed by atoms with Crippen LogP contribution in [0.5, 0.6) is 0 Å². The molecule has 0 saturated heterocycles. The number of nitro benzene ring substituents is 1. The van der Waals surface area contributed by atoms with Crippen LogP contribution in [-0.4, -0.2) is 40.4 Å². The van der Waals surface area contributed by atoms with E-state index in [0.29, 0.717) is 0 Å². The van der Waals surface area contributed by atoms with Crippen LogP contribution >= 0.6 is 11.6 Å². The molecular formula is C12H12ClN3O6. The number of hydrogen-bond donors (Lipinski definition) is 3. The van der Waals surface area contributed by atoms with E-state index in [2.05, 4.69) is 10.6 Å². The fourth-order valence-corrected chi connectivity index (χ4v) is 1.75. The van der Waals surface area contributed by atoms with Crippen molar-refractivity contribution >= 4 is 35.1 Å². The lowest BCUT2D eigenvalue weighted by molar-refractivity contribution is -0.385. The van der Waals surface area contributed by atoms with Crippen LogP contribution in [0.3, 0.4) is 0 Å².